The Kier molecular flexibility index (Phi) is 7.18. The molecule has 0 saturated carbocycles. The summed E-state index contributed by atoms with van der Waals surface area (Å²) in [6.45, 7) is 5.18. The molecule has 194 valence electrons. The van der Waals surface area contributed by atoms with Crippen LogP contribution in [0.1, 0.15) is 55.4 Å². The number of imidazole rings is 1. The van der Waals surface area contributed by atoms with Gasteiger partial charge in [0.05, 0.1) is 12.2 Å². The van der Waals surface area contributed by atoms with Gasteiger partial charge in [-0.3, -0.25) is 9.80 Å². The molecule has 2 aromatic rings. The SMILES string of the molecule is CNC(=O)N1CCc2c(nc(C)n2[C@H]2C[C@H]3CC[C@@H](C2)N3CCCN(C(=O)NC)c2ccccc2)C1. The van der Waals surface area contributed by atoms with Gasteiger partial charge in [0.1, 0.15) is 5.82 Å². The second-order valence-electron chi connectivity index (χ2n) is 10.3. The molecule has 0 unspecified atom stereocenters. The van der Waals surface area contributed by atoms with Crippen LogP contribution in [-0.4, -0.2) is 77.2 Å². The van der Waals surface area contributed by atoms with E-state index in [9.17, 15) is 9.59 Å². The molecule has 3 atom stereocenters. The van der Waals surface area contributed by atoms with Crippen molar-refractivity contribution < 1.29 is 9.59 Å². The maximum Gasteiger partial charge on any atom is 0.321 e. The van der Waals surface area contributed by atoms with Crippen molar-refractivity contribution >= 4 is 17.7 Å². The molecule has 5 rings (SSSR count). The zero-order valence-corrected chi connectivity index (χ0v) is 21.7. The monoisotopic (exact) mass is 493 g/mol. The van der Waals surface area contributed by atoms with Crippen LogP contribution in [-0.2, 0) is 13.0 Å². The molecule has 4 heterocycles. The van der Waals surface area contributed by atoms with Crippen LogP contribution < -0.4 is 15.5 Å². The van der Waals surface area contributed by atoms with E-state index in [1.807, 2.05) is 40.1 Å². The maximum atomic E-state index is 12.5. The second kappa shape index (κ2) is 10.5. The number of anilines is 1. The van der Waals surface area contributed by atoms with Crippen LogP contribution in [0.3, 0.4) is 0 Å². The van der Waals surface area contributed by atoms with Crippen LogP contribution in [0.15, 0.2) is 30.3 Å². The Morgan fingerprint density at radius 2 is 1.78 bits per heavy atom. The van der Waals surface area contributed by atoms with E-state index < -0.39 is 0 Å². The molecule has 9 nitrogen and oxygen atoms in total. The number of aromatic nitrogens is 2. The summed E-state index contributed by atoms with van der Waals surface area (Å²) in [7, 11) is 3.37. The van der Waals surface area contributed by atoms with Gasteiger partial charge in [-0.05, 0) is 51.2 Å². The number of carbonyl (C=O) groups excluding carboxylic acids is 2. The first-order chi connectivity index (χ1) is 17.5. The van der Waals surface area contributed by atoms with Crippen LogP contribution in [0.25, 0.3) is 0 Å². The topological polar surface area (TPSA) is 85.7 Å². The molecule has 3 aliphatic rings. The summed E-state index contributed by atoms with van der Waals surface area (Å²) in [5.74, 6) is 1.08. The molecule has 1 aromatic carbocycles. The Bertz CT molecular complexity index is 1070. The summed E-state index contributed by atoms with van der Waals surface area (Å²) in [6, 6.07) is 11.5. The van der Waals surface area contributed by atoms with Crippen molar-refractivity contribution in [1.82, 2.24) is 30.0 Å². The average molecular weight is 494 g/mol. The fraction of sp³-hybridized carbons (Fsp3) is 0.593. The lowest BCUT2D eigenvalue weighted by atomic mass is 9.95. The van der Waals surface area contributed by atoms with Crippen LogP contribution in [0, 0.1) is 6.92 Å². The number of fused-ring (bicyclic) bond motifs is 3. The zero-order valence-electron chi connectivity index (χ0n) is 21.7. The Balaban J connectivity index is 1.22. The van der Waals surface area contributed by atoms with Gasteiger partial charge in [-0.1, -0.05) is 18.2 Å². The van der Waals surface area contributed by atoms with Crippen molar-refractivity contribution in [2.45, 2.75) is 70.1 Å². The molecule has 0 aliphatic carbocycles. The molecule has 2 saturated heterocycles. The summed E-state index contributed by atoms with van der Waals surface area (Å²) in [5, 5.41) is 5.52. The van der Waals surface area contributed by atoms with Gasteiger partial charge in [0.2, 0.25) is 0 Å². The number of benzene rings is 1. The maximum absolute atomic E-state index is 12.5. The highest BCUT2D eigenvalue weighted by Crippen LogP contribution is 2.42. The highest BCUT2D eigenvalue weighted by Gasteiger charge is 2.42. The number of para-hydroxylation sites is 1. The zero-order chi connectivity index (χ0) is 25.2. The van der Waals surface area contributed by atoms with E-state index in [0.717, 1.165) is 56.0 Å². The van der Waals surface area contributed by atoms with Gasteiger partial charge in [-0.25, -0.2) is 14.6 Å². The number of hydrogen-bond acceptors (Lipinski definition) is 4. The summed E-state index contributed by atoms with van der Waals surface area (Å²) in [5.41, 5.74) is 3.33. The van der Waals surface area contributed by atoms with Gasteiger partial charge < -0.3 is 20.1 Å². The third kappa shape index (κ3) is 4.68. The smallest absolute Gasteiger partial charge is 0.321 e. The van der Waals surface area contributed by atoms with Gasteiger partial charge in [0.25, 0.3) is 0 Å². The van der Waals surface area contributed by atoms with Crippen molar-refractivity contribution in [3.63, 3.8) is 0 Å². The molecule has 3 aliphatic heterocycles. The number of carbonyl (C=O) groups is 2. The minimum absolute atomic E-state index is 0.0264. The lowest BCUT2D eigenvalue weighted by Gasteiger charge is -2.41. The van der Waals surface area contributed by atoms with Crippen molar-refractivity contribution in [3.05, 3.63) is 47.5 Å². The predicted octanol–water partition coefficient (Wildman–Crippen LogP) is 3.29. The first-order valence-electron chi connectivity index (χ1n) is 13.3. The van der Waals surface area contributed by atoms with Gasteiger partial charge in [0, 0.05) is 69.7 Å². The number of urea groups is 2. The fourth-order valence-electron chi connectivity index (χ4n) is 6.68. The standard InChI is InChI=1S/C27H39N7O2/c1-19-30-24-18-31(26(35)28-2)15-12-25(24)34(19)23-16-21-10-11-22(17-23)32(21)13-7-14-33(27(36)29-3)20-8-5-4-6-9-20/h4-6,8-9,21-23H,7,10-18H2,1-3H3,(H,28,35)(H,29,36)/t21-,22+,23+. The number of aryl methyl sites for hydroxylation is 1. The number of nitrogens with one attached hydrogen (secondary N) is 2. The van der Waals surface area contributed by atoms with Gasteiger partial charge in [-0.2, -0.15) is 0 Å². The number of nitrogens with zero attached hydrogens (tertiary/aromatic N) is 5. The van der Waals surface area contributed by atoms with Gasteiger partial charge in [0.15, 0.2) is 0 Å². The first kappa shape index (κ1) is 24.6. The Labute approximate surface area is 213 Å². The third-order valence-electron chi connectivity index (χ3n) is 8.28. The summed E-state index contributed by atoms with van der Waals surface area (Å²) in [6.07, 6.45) is 6.62. The summed E-state index contributed by atoms with van der Waals surface area (Å²) < 4.78 is 2.50. The lowest BCUT2D eigenvalue weighted by Crippen LogP contribution is -2.46. The summed E-state index contributed by atoms with van der Waals surface area (Å²) in [4.78, 5) is 35.9. The first-order valence-corrected chi connectivity index (χ1v) is 13.3. The highest BCUT2D eigenvalue weighted by atomic mass is 16.2. The molecule has 0 spiro atoms. The molecular weight excluding hydrogens is 454 g/mol. The molecule has 9 heteroatoms. The van der Waals surface area contributed by atoms with E-state index in [2.05, 4.69) is 27.0 Å². The van der Waals surface area contributed by atoms with Gasteiger partial charge in [-0.15, -0.1) is 0 Å². The number of rotatable bonds is 6. The highest BCUT2D eigenvalue weighted by molar-refractivity contribution is 5.91. The van der Waals surface area contributed by atoms with Crippen LogP contribution >= 0.6 is 0 Å². The van der Waals surface area contributed by atoms with E-state index in [1.54, 1.807) is 14.1 Å². The number of hydrogen-bond donors (Lipinski definition) is 2. The van der Waals surface area contributed by atoms with E-state index >= 15 is 0 Å². The van der Waals surface area contributed by atoms with Crippen molar-refractivity contribution in [2.24, 2.45) is 0 Å². The Morgan fingerprint density at radius 3 is 2.44 bits per heavy atom. The molecule has 1 aromatic heterocycles. The minimum atomic E-state index is -0.0572. The molecule has 36 heavy (non-hydrogen) atoms. The van der Waals surface area contributed by atoms with Crippen LogP contribution in [0.2, 0.25) is 0 Å². The quantitative estimate of drug-likeness (QED) is 0.647. The molecule has 2 N–H and O–H groups in total. The molecule has 2 bridgehead atoms. The van der Waals surface area contributed by atoms with E-state index in [0.29, 0.717) is 31.2 Å². The number of piperidine rings is 1. The third-order valence-corrected chi connectivity index (χ3v) is 8.28. The Hall–Kier alpha value is -3.07. The van der Waals surface area contributed by atoms with Crippen LogP contribution in [0.4, 0.5) is 15.3 Å². The predicted molar refractivity (Wildman–Crippen MR) is 140 cm³/mol. The lowest BCUT2D eigenvalue weighted by molar-refractivity contribution is 0.104. The summed E-state index contributed by atoms with van der Waals surface area (Å²) >= 11 is 0. The second-order valence-corrected chi connectivity index (χ2v) is 10.3. The molecule has 2 fully saturated rings. The fourth-order valence-corrected chi connectivity index (χ4v) is 6.68. The molecule has 4 amide bonds. The van der Waals surface area contributed by atoms with Crippen LogP contribution in [0.5, 0.6) is 0 Å². The largest absolute Gasteiger partial charge is 0.341 e. The number of amides is 4. The van der Waals surface area contributed by atoms with E-state index in [-0.39, 0.29) is 12.1 Å². The van der Waals surface area contributed by atoms with E-state index in [4.69, 9.17) is 4.98 Å². The van der Waals surface area contributed by atoms with Crippen molar-refractivity contribution in [1.29, 1.82) is 0 Å². The normalized spacial score (nSPS) is 23.3. The average Bonchev–Trinajstić information content (AvgIpc) is 3.35. The van der Waals surface area contributed by atoms with Gasteiger partial charge >= 0.3 is 12.1 Å². The minimum Gasteiger partial charge on any atom is -0.341 e. The van der Waals surface area contributed by atoms with Crippen molar-refractivity contribution in [3.8, 4) is 0 Å². The van der Waals surface area contributed by atoms with Crippen molar-refractivity contribution in [2.75, 3.05) is 38.6 Å². The van der Waals surface area contributed by atoms with E-state index in [1.165, 1.54) is 18.5 Å². The Morgan fingerprint density at radius 1 is 1.06 bits per heavy atom. The molecular formula is C27H39N7O2. The molecule has 0 radical (unpaired) electrons.